The zero-order valence-electron chi connectivity index (χ0n) is 22.2. The van der Waals surface area contributed by atoms with E-state index in [1.165, 1.54) is 8.97 Å². The molecule has 0 fully saturated rings. The highest BCUT2D eigenvalue weighted by Crippen LogP contribution is 2.16. The molecule has 37 heavy (non-hydrogen) atoms. The van der Waals surface area contributed by atoms with E-state index in [4.69, 9.17) is 0 Å². The van der Waals surface area contributed by atoms with Crippen molar-refractivity contribution in [3.05, 3.63) is 79.5 Å². The van der Waals surface area contributed by atoms with Crippen LogP contribution >= 0.6 is 0 Å². The maximum Gasteiger partial charge on any atom is 0.352 e. The quantitative estimate of drug-likeness (QED) is 0.371. The number of nitrogens with one attached hydrogen (secondary N) is 1. The molecule has 2 aromatic heterocycles. The third kappa shape index (κ3) is 5.12. The van der Waals surface area contributed by atoms with Crippen LogP contribution in [0.5, 0.6) is 0 Å². The summed E-state index contributed by atoms with van der Waals surface area (Å²) in [5.74, 6) is -0.0178. The van der Waals surface area contributed by atoms with Crippen molar-refractivity contribution >= 4 is 28.4 Å². The topological polar surface area (TPSA) is 107 Å². The van der Waals surface area contributed by atoms with Crippen molar-refractivity contribution in [2.45, 2.75) is 54.6 Å². The Balaban J connectivity index is 1.89. The molecular weight excluding hydrogens is 470 g/mol. The van der Waals surface area contributed by atoms with Crippen molar-refractivity contribution in [1.29, 1.82) is 0 Å². The van der Waals surface area contributed by atoms with Gasteiger partial charge in [-0.2, -0.15) is 0 Å². The molecule has 0 saturated heterocycles. The summed E-state index contributed by atoms with van der Waals surface area (Å²) >= 11 is 0. The zero-order chi connectivity index (χ0) is 27.0. The average Bonchev–Trinajstić information content (AvgIpc) is 3.15. The number of Topliss-reactive ketones (excluding diaryl/α,β-unsaturated/α-hetero) is 1. The van der Waals surface area contributed by atoms with Gasteiger partial charge in [0.2, 0.25) is 5.78 Å². The average molecular weight is 504 g/mol. The minimum absolute atomic E-state index is 0.108. The predicted octanol–water partition coefficient (Wildman–Crippen LogP) is 3.35. The number of hydrogen-bond acceptors (Lipinski definition) is 5. The molecule has 0 atom stereocenters. The first kappa shape index (κ1) is 26.1. The van der Waals surface area contributed by atoms with Crippen molar-refractivity contribution in [3.8, 4) is 0 Å². The molecule has 2 heterocycles. The second-order valence-corrected chi connectivity index (χ2v) is 10.5. The van der Waals surface area contributed by atoms with Gasteiger partial charge in [-0.1, -0.05) is 51.5 Å². The first-order chi connectivity index (χ1) is 17.5. The van der Waals surface area contributed by atoms with Crippen LogP contribution in [0.1, 0.15) is 59.5 Å². The van der Waals surface area contributed by atoms with Gasteiger partial charge in [-0.15, -0.1) is 5.10 Å². The van der Waals surface area contributed by atoms with Crippen LogP contribution in [0.2, 0.25) is 0 Å². The fourth-order valence-electron chi connectivity index (χ4n) is 4.44. The SMILES string of the molecule is Cc1ccc(C(=O)Cn2nc3n(CC(C)C)c(=O)c4ccc(C(=O)NCC(C)C)cc4n3c2=O)c(C)c1. The second kappa shape index (κ2) is 10.2. The van der Waals surface area contributed by atoms with E-state index in [1.54, 1.807) is 24.3 Å². The minimum Gasteiger partial charge on any atom is -0.352 e. The van der Waals surface area contributed by atoms with Crippen LogP contribution in [0.3, 0.4) is 0 Å². The van der Waals surface area contributed by atoms with E-state index in [-0.39, 0.29) is 46.9 Å². The lowest BCUT2D eigenvalue weighted by Gasteiger charge is -2.13. The third-order valence-electron chi connectivity index (χ3n) is 6.23. The summed E-state index contributed by atoms with van der Waals surface area (Å²) in [6, 6.07) is 10.2. The maximum absolute atomic E-state index is 13.6. The lowest BCUT2D eigenvalue weighted by Crippen LogP contribution is -2.30. The molecule has 0 aliphatic carbocycles. The van der Waals surface area contributed by atoms with Crippen LogP contribution in [0.4, 0.5) is 0 Å². The van der Waals surface area contributed by atoms with Crippen molar-refractivity contribution in [1.82, 2.24) is 24.1 Å². The maximum atomic E-state index is 13.6. The number of ketones is 1. The summed E-state index contributed by atoms with van der Waals surface area (Å²) < 4.78 is 3.89. The van der Waals surface area contributed by atoms with Gasteiger partial charge >= 0.3 is 5.69 Å². The Labute approximate surface area is 214 Å². The molecule has 0 aliphatic heterocycles. The van der Waals surface area contributed by atoms with Gasteiger partial charge in [0, 0.05) is 24.2 Å². The molecule has 0 radical (unpaired) electrons. The molecule has 9 heteroatoms. The number of carbonyl (C=O) groups is 2. The largest absolute Gasteiger partial charge is 0.352 e. The Hall–Kier alpha value is -4.01. The number of rotatable bonds is 8. The molecule has 194 valence electrons. The molecule has 0 saturated carbocycles. The van der Waals surface area contributed by atoms with Crippen LogP contribution in [0, 0.1) is 25.7 Å². The molecule has 4 aromatic rings. The van der Waals surface area contributed by atoms with Crippen molar-refractivity contribution in [3.63, 3.8) is 0 Å². The van der Waals surface area contributed by atoms with Gasteiger partial charge in [0.05, 0.1) is 10.9 Å². The number of fused-ring (bicyclic) bond motifs is 3. The van der Waals surface area contributed by atoms with E-state index in [9.17, 15) is 19.2 Å². The summed E-state index contributed by atoms with van der Waals surface area (Å²) in [5.41, 5.74) is 2.15. The highest BCUT2D eigenvalue weighted by atomic mass is 16.2. The predicted molar refractivity (Wildman–Crippen MR) is 143 cm³/mol. The molecule has 0 aliphatic rings. The normalized spacial score (nSPS) is 11.7. The van der Waals surface area contributed by atoms with E-state index >= 15 is 0 Å². The van der Waals surface area contributed by atoms with E-state index in [1.807, 2.05) is 53.7 Å². The second-order valence-electron chi connectivity index (χ2n) is 10.5. The van der Waals surface area contributed by atoms with Crippen molar-refractivity contribution < 1.29 is 9.59 Å². The summed E-state index contributed by atoms with van der Waals surface area (Å²) in [6.07, 6.45) is 0. The van der Waals surface area contributed by atoms with E-state index in [0.29, 0.717) is 29.6 Å². The van der Waals surface area contributed by atoms with Crippen LogP contribution < -0.4 is 16.6 Å². The van der Waals surface area contributed by atoms with Gasteiger partial charge in [-0.05, 0) is 49.4 Å². The first-order valence-electron chi connectivity index (χ1n) is 12.5. The Bertz CT molecular complexity index is 1640. The smallest absolute Gasteiger partial charge is 0.352 e. The molecule has 0 unspecified atom stereocenters. The van der Waals surface area contributed by atoms with E-state index in [2.05, 4.69) is 10.4 Å². The monoisotopic (exact) mass is 503 g/mol. The Morgan fingerprint density at radius 2 is 1.70 bits per heavy atom. The van der Waals surface area contributed by atoms with Crippen LogP contribution in [0.15, 0.2) is 46.0 Å². The highest BCUT2D eigenvalue weighted by Gasteiger charge is 2.21. The summed E-state index contributed by atoms with van der Waals surface area (Å²) in [7, 11) is 0. The fourth-order valence-corrected chi connectivity index (χ4v) is 4.44. The molecule has 4 rings (SSSR count). The van der Waals surface area contributed by atoms with Gasteiger partial charge < -0.3 is 5.32 Å². The standard InChI is InChI=1S/C28H33N5O4/c1-16(2)13-29-25(35)20-8-10-22-23(12-20)33-27(31(26(22)36)14-17(3)4)30-32(28(33)37)15-24(34)21-9-7-18(5)11-19(21)6/h7-12,16-17H,13-15H2,1-6H3,(H,29,35). The first-order valence-corrected chi connectivity index (χ1v) is 12.5. The Kier molecular flexibility index (Phi) is 7.16. The number of carbonyl (C=O) groups excluding carboxylic acids is 2. The molecule has 1 amide bonds. The summed E-state index contributed by atoms with van der Waals surface area (Å²) in [6.45, 7) is 12.3. The van der Waals surface area contributed by atoms with Gasteiger partial charge in [-0.3, -0.25) is 19.0 Å². The number of benzene rings is 2. The zero-order valence-corrected chi connectivity index (χ0v) is 22.2. The van der Waals surface area contributed by atoms with Crippen LogP contribution in [-0.2, 0) is 13.1 Å². The van der Waals surface area contributed by atoms with Gasteiger partial charge in [0.1, 0.15) is 6.54 Å². The number of aromatic nitrogens is 4. The van der Waals surface area contributed by atoms with Gasteiger partial charge in [0.15, 0.2) is 5.78 Å². The molecule has 0 bridgehead atoms. The fraction of sp³-hybridized carbons (Fsp3) is 0.393. The van der Waals surface area contributed by atoms with Crippen LogP contribution in [-0.4, -0.2) is 37.0 Å². The number of aryl methyl sites for hydroxylation is 2. The minimum atomic E-state index is -0.546. The lowest BCUT2D eigenvalue weighted by molar-refractivity contribution is 0.0946. The van der Waals surface area contributed by atoms with Gasteiger partial charge in [0.25, 0.3) is 11.5 Å². The molecular formula is C28H33N5O4. The Morgan fingerprint density at radius 1 is 0.973 bits per heavy atom. The number of hydrogen-bond donors (Lipinski definition) is 1. The number of nitrogens with zero attached hydrogens (tertiary/aromatic N) is 4. The van der Waals surface area contributed by atoms with Crippen LogP contribution in [0.25, 0.3) is 16.7 Å². The lowest BCUT2D eigenvalue weighted by atomic mass is 10.0. The van der Waals surface area contributed by atoms with E-state index in [0.717, 1.165) is 15.8 Å². The van der Waals surface area contributed by atoms with Crippen molar-refractivity contribution in [2.75, 3.05) is 6.54 Å². The third-order valence-corrected chi connectivity index (χ3v) is 6.23. The van der Waals surface area contributed by atoms with E-state index < -0.39 is 5.69 Å². The Morgan fingerprint density at radius 3 is 2.35 bits per heavy atom. The summed E-state index contributed by atoms with van der Waals surface area (Å²) in [4.78, 5) is 52.9. The molecule has 0 spiro atoms. The number of amides is 1. The van der Waals surface area contributed by atoms with Crippen molar-refractivity contribution in [2.24, 2.45) is 11.8 Å². The molecule has 2 aromatic carbocycles. The highest BCUT2D eigenvalue weighted by molar-refractivity contribution is 5.98. The van der Waals surface area contributed by atoms with Gasteiger partial charge in [-0.25, -0.2) is 13.9 Å². The molecule has 9 nitrogen and oxygen atoms in total. The molecule has 1 N–H and O–H groups in total. The summed E-state index contributed by atoms with van der Waals surface area (Å²) in [5, 5.41) is 7.59.